The van der Waals surface area contributed by atoms with E-state index < -0.39 is 0 Å². The zero-order valence-electron chi connectivity index (χ0n) is 10.5. The predicted molar refractivity (Wildman–Crippen MR) is 73.1 cm³/mol. The molecule has 3 heteroatoms. The van der Waals surface area contributed by atoms with Crippen LogP contribution in [0.15, 0.2) is 24.3 Å². The van der Waals surface area contributed by atoms with Gasteiger partial charge in [-0.15, -0.1) is 0 Å². The van der Waals surface area contributed by atoms with Crippen LogP contribution in [-0.4, -0.2) is 37.6 Å². The van der Waals surface area contributed by atoms with Gasteiger partial charge in [0.15, 0.2) is 0 Å². The number of anilines is 1. The van der Waals surface area contributed by atoms with Crippen LogP contribution in [0.1, 0.15) is 18.4 Å². The zero-order valence-corrected chi connectivity index (χ0v) is 10.5. The van der Waals surface area contributed by atoms with E-state index in [-0.39, 0.29) is 0 Å². The van der Waals surface area contributed by atoms with E-state index in [0.29, 0.717) is 0 Å². The summed E-state index contributed by atoms with van der Waals surface area (Å²) in [7, 11) is 0. The Balaban J connectivity index is 1.71. The third kappa shape index (κ3) is 4.36. The molecule has 0 bridgehead atoms. The summed E-state index contributed by atoms with van der Waals surface area (Å²) in [6, 6.07) is 8.24. The normalized spacial score (nSPS) is 17.9. The highest BCUT2D eigenvalue weighted by molar-refractivity contribution is 5.40. The van der Waals surface area contributed by atoms with Crippen molar-refractivity contribution in [3.8, 4) is 0 Å². The van der Waals surface area contributed by atoms with Crippen molar-refractivity contribution in [3.05, 3.63) is 29.8 Å². The van der Waals surface area contributed by atoms with E-state index >= 15 is 0 Å². The van der Waals surface area contributed by atoms with Crippen LogP contribution in [0.5, 0.6) is 0 Å². The minimum absolute atomic E-state index is 0.876. The van der Waals surface area contributed by atoms with Crippen LogP contribution in [-0.2, 0) is 6.42 Å². The molecular weight excluding hydrogens is 210 g/mol. The van der Waals surface area contributed by atoms with Crippen LogP contribution in [0.25, 0.3) is 0 Å². The zero-order chi connectivity index (χ0) is 11.9. The molecule has 0 spiro atoms. The summed E-state index contributed by atoms with van der Waals surface area (Å²) in [6.07, 6.45) is 3.64. The second-order valence-electron chi connectivity index (χ2n) is 4.79. The molecule has 3 nitrogen and oxygen atoms in total. The Morgan fingerprint density at radius 3 is 3.06 bits per heavy atom. The Labute approximate surface area is 104 Å². The molecule has 1 heterocycles. The van der Waals surface area contributed by atoms with E-state index in [1.807, 2.05) is 12.1 Å². The fourth-order valence-electron chi connectivity index (χ4n) is 2.38. The molecule has 0 unspecified atom stereocenters. The van der Waals surface area contributed by atoms with Gasteiger partial charge >= 0.3 is 0 Å². The van der Waals surface area contributed by atoms with Crippen LogP contribution in [0.3, 0.4) is 0 Å². The van der Waals surface area contributed by atoms with Crippen molar-refractivity contribution in [2.45, 2.75) is 19.3 Å². The average molecular weight is 233 g/mol. The van der Waals surface area contributed by atoms with Gasteiger partial charge in [0.05, 0.1) is 0 Å². The summed E-state index contributed by atoms with van der Waals surface area (Å²) in [6.45, 7) is 5.95. The largest absolute Gasteiger partial charge is 0.399 e. The fraction of sp³-hybridized carbons (Fsp3) is 0.571. The van der Waals surface area contributed by atoms with E-state index in [9.17, 15) is 0 Å². The molecule has 1 aromatic carbocycles. The molecule has 1 fully saturated rings. The van der Waals surface area contributed by atoms with Crippen LogP contribution >= 0.6 is 0 Å². The number of benzene rings is 1. The summed E-state index contributed by atoms with van der Waals surface area (Å²) in [4.78, 5) is 2.56. The quantitative estimate of drug-likeness (QED) is 0.774. The summed E-state index contributed by atoms with van der Waals surface area (Å²) < 4.78 is 0. The molecule has 0 amide bonds. The number of hydrogen-bond donors (Lipinski definition) is 2. The number of nitrogens with two attached hydrogens (primary N) is 1. The lowest BCUT2D eigenvalue weighted by atomic mass is 10.1. The fourth-order valence-corrected chi connectivity index (χ4v) is 2.38. The van der Waals surface area contributed by atoms with Crippen molar-refractivity contribution in [3.63, 3.8) is 0 Å². The van der Waals surface area contributed by atoms with E-state index in [2.05, 4.69) is 22.3 Å². The van der Waals surface area contributed by atoms with Gasteiger partial charge in [-0.25, -0.2) is 0 Å². The first-order chi connectivity index (χ1) is 8.34. The molecule has 17 heavy (non-hydrogen) atoms. The molecule has 0 radical (unpaired) electrons. The molecule has 0 saturated carbocycles. The topological polar surface area (TPSA) is 41.3 Å². The van der Waals surface area contributed by atoms with E-state index in [4.69, 9.17) is 5.73 Å². The van der Waals surface area contributed by atoms with E-state index in [1.165, 1.54) is 44.6 Å². The van der Waals surface area contributed by atoms with E-state index in [0.717, 1.165) is 18.7 Å². The first-order valence-electron chi connectivity index (χ1n) is 6.62. The Morgan fingerprint density at radius 2 is 2.18 bits per heavy atom. The van der Waals surface area contributed by atoms with Gasteiger partial charge in [-0.05, 0) is 56.6 Å². The smallest absolute Gasteiger partial charge is 0.0316 e. The third-order valence-corrected chi connectivity index (χ3v) is 3.32. The van der Waals surface area contributed by atoms with Crippen LogP contribution in [0.4, 0.5) is 5.69 Å². The molecule has 3 N–H and O–H groups in total. The lowest BCUT2D eigenvalue weighted by molar-refractivity contribution is 0.289. The average Bonchev–Trinajstić information content (AvgIpc) is 2.58. The number of nitrogens with one attached hydrogen (secondary N) is 1. The second kappa shape index (κ2) is 6.62. The highest BCUT2D eigenvalue weighted by Crippen LogP contribution is 2.09. The monoisotopic (exact) mass is 233 g/mol. The molecule has 0 aromatic heterocycles. The molecular formula is C14H23N3. The summed E-state index contributed by atoms with van der Waals surface area (Å²) >= 11 is 0. The van der Waals surface area contributed by atoms with Crippen molar-refractivity contribution in [1.29, 1.82) is 0 Å². The standard InChI is InChI=1S/C14H23N3/c15-14-6-1-4-13(12-14)5-2-9-17-10-3-7-16-8-11-17/h1,4,6,12,16H,2-3,5,7-11,15H2. The van der Waals surface area contributed by atoms with Crippen molar-refractivity contribution >= 4 is 5.69 Å². The van der Waals surface area contributed by atoms with Crippen molar-refractivity contribution < 1.29 is 0 Å². The number of nitrogens with zero attached hydrogens (tertiary/aromatic N) is 1. The summed E-state index contributed by atoms with van der Waals surface area (Å²) in [5.74, 6) is 0. The first-order valence-corrected chi connectivity index (χ1v) is 6.62. The van der Waals surface area contributed by atoms with Crippen molar-refractivity contribution in [2.24, 2.45) is 0 Å². The van der Waals surface area contributed by atoms with Gasteiger partial charge in [0, 0.05) is 18.8 Å². The van der Waals surface area contributed by atoms with Gasteiger partial charge in [0.1, 0.15) is 0 Å². The molecule has 1 saturated heterocycles. The minimum Gasteiger partial charge on any atom is -0.399 e. The number of rotatable bonds is 4. The maximum atomic E-state index is 5.78. The predicted octanol–water partition coefficient (Wildman–Crippen LogP) is 1.50. The Morgan fingerprint density at radius 1 is 1.24 bits per heavy atom. The van der Waals surface area contributed by atoms with Crippen LogP contribution in [0.2, 0.25) is 0 Å². The molecule has 2 rings (SSSR count). The van der Waals surface area contributed by atoms with Crippen LogP contribution in [0, 0.1) is 0 Å². The SMILES string of the molecule is Nc1cccc(CCCN2CCCNCC2)c1. The summed E-state index contributed by atoms with van der Waals surface area (Å²) in [5, 5.41) is 3.43. The van der Waals surface area contributed by atoms with E-state index in [1.54, 1.807) is 0 Å². The molecule has 0 aliphatic carbocycles. The molecule has 1 aromatic rings. The van der Waals surface area contributed by atoms with Crippen molar-refractivity contribution in [1.82, 2.24) is 10.2 Å². The lowest BCUT2D eigenvalue weighted by Crippen LogP contribution is -2.29. The maximum Gasteiger partial charge on any atom is 0.0316 e. The van der Waals surface area contributed by atoms with Gasteiger partial charge in [-0.2, -0.15) is 0 Å². The second-order valence-corrected chi connectivity index (χ2v) is 4.79. The van der Waals surface area contributed by atoms with Gasteiger partial charge in [-0.3, -0.25) is 0 Å². The molecule has 94 valence electrons. The number of nitrogen functional groups attached to an aromatic ring is 1. The maximum absolute atomic E-state index is 5.78. The lowest BCUT2D eigenvalue weighted by Gasteiger charge is -2.19. The van der Waals surface area contributed by atoms with Crippen LogP contribution < -0.4 is 11.1 Å². The highest BCUT2D eigenvalue weighted by Gasteiger charge is 2.07. The van der Waals surface area contributed by atoms with Gasteiger partial charge in [0.25, 0.3) is 0 Å². The molecule has 1 aliphatic rings. The Kier molecular flexibility index (Phi) is 4.83. The van der Waals surface area contributed by atoms with Gasteiger partial charge in [0.2, 0.25) is 0 Å². The number of aryl methyl sites for hydroxylation is 1. The first kappa shape index (κ1) is 12.4. The number of hydrogen-bond acceptors (Lipinski definition) is 3. The Hall–Kier alpha value is -1.06. The van der Waals surface area contributed by atoms with Crippen molar-refractivity contribution in [2.75, 3.05) is 38.5 Å². The van der Waals surface area contributed by atoms with Gasteiger partial charge < -0.3 is 16.0 Å². The van der Waals surface area contributed by atoms with Gasteiger partial charge in [-0.1, -0.05) is 12.1 Å². The highest BCUT2D eigenvalue weighted by atomic mass is 15.1. The molecule has 0 atom stereocenters. The Bertz CT molecular complexity index is 330. The minimum atomic E-state index is 0.876. The summed E-state index contributed by atoms with van der Waals surface area (Å²) in [5.41, 5.74) is 8.01. The third-order valence-electron chi connectivity index (χ3n) is 3.32. The molecule has 1 aliphatic heterocycles.